The minimum absolute atomic E-state index is 0.122. The molecule has 3 atom stereocenters. The van der Waals surface area contributed by atoms with Gasteiger partial charge < -0.3 is 30.5 Å². The number of hydrogen-bond donors (Lipinski definition) is 3. The first kappa shape index (κ1) is 37.7. The monoisotopic (exact) mass is 684 g/mol. The number of carbonyl (C=O) groups is 4. The van der Waals surface area contributed by atoms with Crippen molar-refractivity contribution in [3.63, 3.8) is 0 Å². The number of rotatable bonds is 13. The molecule has 2 fully saturated rings. The van der Waals surface area contributed by atoms with Gasteiger partial charge in [0.1, 0.15) is 12.1 Å². The Labute approximate surface area is 287 Å². The van der Waals surface area contributed by atoms with Crippen LogP contribution in [0.25, 0.3) is 0 Å². The third-order valence-electron chi connectivity index (χ3n) is 9.70. The molecular formula is C36H50F2N6O5. The predicted molar refractivity (Wildman–Crippen MR) is 182 cm³/mol. The summed E-state index contributed by atoms with van der Waals surface area (Å²) in [6.45, 7) is 6.37. The molecule has 4 rings (SSSR count). The van der Waals surface area contributed by atoms with Crippen molar-refractivity contribution in [3.8, 4) is 5.88 Å². The van der Waals surface area contributed by atoms with Crippen LogP contribution in [-0.2, 0) is 25.1 Å². The first-order chi connectivity index (χ1) is 23.5. The Morgan fingerprint density at radius 3 is 2.14 bits per heavy atom. The van der Waals surface area contributed by atoms with E-state index in [2.05, 4.69) is 25.8 Å². The highest BCUT2D eigenvalue weighted by molar-refractivity contribution is 5.98. The molecule has 0 radical (unpaired) electrons. The molecule has 1 aromatic carbocycles. The second-order valence-electron chi connectivity index (χ2n) is 13.0. The minimum atomic E-state index is -3.93. The summed E-state index contributed by atoms with van der Waals surface area (Å²) in [6.07, 6.45) is 6.57. The van der Waals surface area contributed by atoms with E-state index in [1.807, 2.05) is 14.0 Å². The van der Waals surface area contributed by atoms with Crippen molar-refractivity contribution in [3.05, 3.63) is 53.7 Å². The van der Waals surface area contributed by atoms with E-state index in [1.165, 1.54) is 13.2 Å². The summed E-state index contributed by atoms with van der Waals surface area (Å²) in [5.74, 6) is -6.92. The van der Waals surface area contributed by atoms with Crippen LogP contribution in [0.5, 0.6) is 5.88 Å². The molecule has 2 aliphatic rings. The van der Waals surface area contributed by atoms with Crippen molar-refractivity contribution in [1.82, 2.24) is 25.4 Å². The maximum atomic E-state index is 15.3. The van der Waals surface area contributed by atoms with Gasteiger partial charge in [0.05, 0.1) is 7.11 Å². The first-order valence-corrected chi connectivity index (χ1v) is 17.3. The van der Waals surface area contributed by atoms with Gasteiger partial charge in [-0.25, -0.2) is 4.98 Å². The molecule has 1 aromatic heterocycles. The van der Waals surface area contributed by atoms with Crippen LogP contribution in [0.15, 0.2) is 42.6 Å². The van der Waals surface area contributed by atoms with E-state index < -0.39 is 35.4 Å². The van der Waals surface area contributed by atoms with Crippen molar-refractivity contribution in [1.29, 1.82) is 0 Å². The molecule has 4 amide bonds. The number of ether oxygens (including phenoxy) is 1. The number of likely N-dealkylation sites (N-methyl/N-ethyl adjacent to an activating group) is 1. The van der Waals surface area contributed by atoms with Crippen LogP contribution in [0.4, 0.5) is 14.5 Å². The van der Waals surface area contributed by atoms with Gasteiger partial charge in [0.25, 0.3) is 5.91 Å². The number of benzene rings is 1. The Hall–Kier alpha value is -4.13. The smallest absolute Gasteiger partial charge is 0.351 e. The summed E-state index contributed by atoms with van der Waals surface area (Å²) in [5, 5.41) is 8.16. The number of nitrogens with one attached hydrogen (secondary N) is 3. The van der Waals surface area contributed by atoms with Crippen LogP contribution in [0, 0.1) is 5.92 Å². The number of pyridine rings is 1. The highest BCUT2D eigenvalue weighted by atomic mass is 19.3. The topological polar surface area (TPSA) is 133 Å². The number of piperazine rings is 1. The fourth-order valence-corrected chi connectivity index (χ4v) is 6.62. The molecular weight excluding hydrogens is 634 g/mol. The molecule has 2 aromatic rings. The lowest BCUT2D eigenvalue weighted by Gasteiger charge is -2.37. The molecule has 1 aliphatic heterocycles. The normalized spacial score (nSPS) is 18.0. The van der Waals surface area contributed by atoms with Gasteiger partial charge in [-0.3, -0.25) is 19.2 Å². The average molecular weight is 685 g/mol. The van der Waals surface area contributed by atoms with Crippen molar-refractivity contribution in [2.75, 3.05) is 45.7 Å². The number of amides is 4. The Balaban J connectivity index is 1.52. The van der Waals surface area contributed by atoms with E-state index in [9.17, 15) is 19.2 Å². The number of carbonyl (C=O) groups excluding carboxylic acids is 4. The van der Waals surface area contributed by atoms with Crippen molar-refractivity contribution in [2.24, 2.45) is 5.92 Å². The third-order valence-corrected chi connectivity index (χ3v) is 9.70. The Kier molecular flexibility index (Phi) is 13.5. The van der Waals surface area contributed by atoms with Crippen LogP contribution in [0.2, 0.25) is 0 Å². The summed E-state index contributed by atoms with van der Waals surface area (Å²) >= 11 is 0. The van der Waals surface area contributed by atoms with E-state index in [-0.39, 0.29) is 36.0 Å². The second kappa shape index (κ2) is 17.5. The quantitative estimate of drug-likeness (QED) is 0.266. The minimum Gasteiger partial charge on any atom is -0.481 e. The van der Waals surface area contributed by atoms with Gasteiger partial charge in [-0.1, -0.05) is 51.7 Å². The lowest BCUT2D eigenvalue weighted by molar-refractivity contribution is -0.149. The molecule has 3 N–H and O–H groups in total. The van der Waals surface area contributed by atoms with Gasteiger partial charge in [0.15, 0.2) is 0 Å². The van der Waals surface area contributed by atoms with E-state index >= 15 is 8.78 Å². The van der Waals surface area contributed by atoms with E-state index in [0.717, 1.165) is 56.6 Å². The fourth-order valence-electron chi connectivity index (χ4n) is 6.62. The van der Waals surface area contributed by atoms with Crippen molar-refractivity contribution in [2.45, 2.75) is 89.1 Å². The Morgan fingerprint density at radius 2 is 1.59 bits per heavy atom. The highest BCUT2D eigenvalue weighted by Gasteiger charge is 2.44. The van der Waals surface area contributed by atoms with E-state index in [4.69, 9.17) is 4.74 Å². The van der Waals surface area contributed by atoms with Gasteiger partial charge in [0.2, 0.25) is 23.6 Å². The van der Waals surface area contributed by atoms with E-state index in [1.54, 1.807) is 36.1 Å². The summed E-state index contributed by atoms with van der Waals surface area (Å²) < 4.78 is 35.6. The zero-order valence-corrected chi connectivity index (χ0v) is 29.0. The summed E-state index contributed by atoms with van der Waals surface area (Å²) in [4.78, 5) is 60.8. The average Bonchev–Trinajstić information content (AvgIpc) is 3.40. The largest absolute Gasteiger partial charge is 0.481 e. The number of anilines is 1. The lowest BCUT2D eigenvalue weighted by Crippen LogP contribution is -2.56. The van der Waals surface area contributed by atoms with Gasteiger partial charge >= 0.3 is 5.92 Å². The number of halogens is 2. The second-order valence-corrected chi connectivity index (χ2v) is 13.0. The van der Waals surface area contributed by atoms with E-state index in [0.29, 0.717) is 38.0 Å². The number of alkyl halides is 2. The Morgan fingerprint density at radius 1 is 0.939 bits per heavy atom. The lowest BCUT2D eigenvalue weighted by atomic mass is 9.87. The number of nitrogens with zero attached hydrogens (tertiary/aromatic N) is 3. The van der Waals surface area contributed by atoms with Crippen LogP contribution in [-0.4, -0.2) is 90.8 Å². The molecule has 49 heavy (non-hydrogen) atoms. The molecule has 2 heterocycles. The van der Waals surface area contributed by atoms with Crippen LogP contribution in [0.1, 0.15) is 82.3 Å². The maximum absolute atomic E-state index is 15.3. The number of methoxy groups -OCH3 is 1. The highest BCUT2D eigenvalue weighted by Crippen LogP contribution is 2.32. The summed E-state index contributed by atoms with van der Waals surface area (Å²) in [5.41, 5.74) is 0.624. The zero-order valence-electron chi connectivity index (χ0n) is 29.0. The number of hydrogen-bond acceptors (Lipinski definition) is 7. The third kappa shape index (κ3) is 9.74. The number of aromatic nitrogens is 1. The van der Waals surface area contributed by atoms with Gasteiger partial charge in [-0.15, -0.1) is 0 Å². The molecule has 268 valence electrons. The summed E-state index contributed by atoms with van der Waals surface area (Å²) in [7, 11) is 3.37. The van der Waals surface area contributed by atoms with Crippen molar-refractivity contribution < 1.29 is 32.7 Å². The van der Waals surface area contributed by atoms with Gasteiger partial charge in [-0.05, 0) is 56.0 Å². The molecule has 13 heteroatoms. The van der Waals surface area contributed by atoms with Gasteiger partial charge in [-0.2, -0.15) is 8.78 Å². The first-order valence-electron chi connectivity index (χ1n) is 17.3. The van der Waals surface area contributed by atoms with Crippen molar-refractivity contribution >= 4 is 29.3 Å². The predicted octanol–water partition coefficient (Wildman–Crippen LogP) is 4.44. The fraction of sp³-hybridized carbons (Fsp3) is 0.583. The zero-order chi connectivity index (χ0) is 35.6. The van der Waals surface area contributed by atoms with Gasteiger partial charge in [0, 0.05) is 62.0 Å². The standard InChI is InChI=1S/C36H50F2N6O5/c1-5-28(32(41-29(45)6-2)34(47)44-21-19-43(3)20-22-44)24-13-16-27(17-14-24)40-33(46)31(25-11-9-7-8-10-12-25)42-35(48)36(37,38)26-15-18-30(49-4)39-23-26/h13-18,23,25,28,31-32H,5-12,19-22H2,1-4H3,(H,40,46)(H,41,45)(H,42,48). The molecule has 3 unspecified atom stereocenters. The Bertz CT molecular complexity index is 1410. The molecule has 1 saturated heterocycles. The molecule has 1 aliphatic carbocycles. The van der Waals surface area contributed by atoms with Crippen LogP contribution in [0.3, 0.4) is 0 Å². The molecule has 0 spiro atoms. The summed E-state index contributed by atoms with van der Waals surface area (Å²) in [6, 6.07) is 7.39. The van der Waals surface area contributed by atoms with Crippen LogP contribution >= 0.6 is 0 Å². The maximum Gasteiger partial charge on any atom is 0.351 e. The molecule has 11 nitrogen and oxygen atoms in total. The van der Waals surface area contributed by atoms with Crippen LogP contribution < -0.4 is 20.7 Å². The SMILES string of the molecule is CCC(=O)NC(C(=O)N1CCN(C)CC1)C(CC)c1ccc(NC(=O)C(NC(=O)C(F)(F)c2ccc(OC)nc2)C2CCCCCC2)cc1. The molecule has 0 bridgehead atoms. The molecule has 1 saturated carbocycles.